The molecule has 0 amide bonds. The zero-order valence-electron chi connectivity index (χ0n) is 13.1. The summed E-state index contributed by atoms with van der Waals surface area (Å²) in [5.74, 6) is 0. The Labute approximate surface area is 124 Å². The van der Waals surface area contributed by atoms with Crippen molar-refractivity contribution >= 4 is 0 Å². The van der Waals surface area contributed by atoms with Gasteiger partial charge in [0.1, 0.15) is 0 Å². The quantitative estimate of drug-likeness (QED) is 0.455. The molecular formula is C20H26. The van der Waals surface area contributed by atoms with Crippen LogP contribution >= 0.6 is 0 Å². The number of allylic oxidation sites excluding steroid dienone is 12. The predicted molar refractivity (Wildman–Crippen MR) is 93.7 cm³/mol. The molecule has 0 aliphatic rings. The predicted octanol–water partition coefficient (Wildman–Crippen LogP) is 6.26. The molecule has 0 N–H and O–H groups in total. The van der Waals surface area contributed by atoms with E-state index in [1.54, 1.807) is 6.08 Å². The molecule has 0 rings (SSSR count). The fourth-order valence-corrected chi connectivity index (χ4v) is 1.43. The van der Waals surface area contributed by atoms with Crippen LogP contribution in [0.25, 0.3) is 0 Å². The zero-order chi connectivity index (χ0) is 15.5. The lowest BCUT2D eigenvalue weighted by atomic mass is 10.0. The Morgan fingerprint density at radius 3 is 1.90 bits per heavy atom. The highest BCUT2D eigenvalue weighted by Gasteiger charge is 1.97. The highest BCUT2D eigenvalue weighted by molar-refractivity contribution is 5.48. The molecule has 0 atom stereocenters. The maximum Gasteiger partial charge on any atom is -0.0262 e. The lowest BCUT2D eigenvalue weighted by Gasteiger charge is -2.04. The zero-order valence-corrected chi connectivity index (χ0v) is 13.1. The monoisotopic (exact) mass is 266 g/mol. The minimum Gasteiger partial charge on any atom is -0.0991 e. The van der Waals surface area contributed by atoms with Crippen molar-refractivity contribution in [1.82, 2.24) is 0 Å². The first-order valence-electron chi connectivity index (χ1n) is 6.81. The SMILES string of the molecule is C=C/C=C\C(=C)C(=C)/C=C\C(=C)/C(=C/C=C(C)C)CC. The van der Waals surface area contributed by atoms with Gasteiger partial charge in [0.25, 0.3) is 0 Å². The highest BCUT2D eigenvalue weighted by atomic mass is 14.0. The standard InChI is InChI=1S/C20H26/c1-8-10-11-17(5)18(6)13-14-19(7)20(9-2)15-12-16(3)4/h8,10-15H,1,5-7,9H2,2-4H3/b11-10-,14-13-,20-15+. The van der Waals surface area contributed by atoms with Crippen LogP contribution in [0.5, 0.6) is 0 Å². The Hall–Kier alpha value is -2.08. The van der Waals surface area contributed by atoms with E-state index < -0.39 is 0 Å². The van der Waals surface area contributed by atoms with Crippen LogP contribution in [0.15, 0.2) is 96.7 Å². The molecule has 0 radical (unpaired) electrons. The summed E-state index contributed by atoms with van der Waals surface area (Å²) in [6.07, 6.45) is 14.6. The topological polar surface area (TPSA) is 0 Å². The fraction of sp³-hybridized carbons (Fsp3) is 0.200. The molecule has 0 aliphatic carbocycles. The average molecular weight is 266 g/mol. The van der Waals surface area contributed by atoms with Gasteiger partial charge < -0.3 is 0 Å². The van der Waals surface area contributed by atoms with E-state index in [-0.39, 0.29) is 0 Å². The van der Waals surface area contributed by atoms with Crippen molar-refractivity contribution in [2.45, 2.75) is 27.2 Å². The molecule has 0 bridgehead atoms. The summed E-state index contributed by atoms with van der Waals surface area (Å²) >= 11 is 0. The molecule has 0 aromatic heterocycles. The van der Waals surface area contributed by atoms with Crippen LogP contribution in [0.1, 0.15) is 27.2 Å². The van der Waals surface area contributed by atoms with Crippen LogP contribution in [0.4, 0.5) is 0 Å². The van der Waals surface area contributed by atoms with Gasteiger partial charge in [-0.2, -0.15) is 0 Å². The molecule has 106 valence electrons. The molecule has 0 aromatic rings. The Morgan fingerprint density at radius 2 is 1.40 bits per heavy atom. The number of hydrogen-bond acceptors (Lipinski definition) is 0. The van der Waals surface area contributed by atoms with Crippen LogP contribution in [-0.2, 0) is 0 Å². The summed E-state index contributed by atoms with van der Waals surface area (Å²) in [5.41, 5.74) is 5.26. The Bertz CT molecular complexity index is 498. The van der Waals surface area contributed by atoms with E-state index in [1.165, 1.54) is 11.1 Å². The summed E-state index contributed by atoms with van der Waals surface area (Å²) < 4.78 is 0. The molecule has 0 heterocycles. The number of hydrogen-bond donors (Lipinski definition) is 0. The summed E-state index contributed by atoms with van der Waals surface area (Å²) in [5, 5.41) is 0. The summed E-state index contributed by atoms with van der Waals surface area (Å²) in [4.78, 5) is 0. The van der Waals surface area contributed by atoms with Crippen molar-refractivity contribution in [1.29, 1.82) is 0 Å². The van der Waals surface area contributed by atoms with Crippen molar-refractivity contribution in [3.8, 4) is 0 Å². The van der Waals surface area contributed by atoms with E-state index in [0.717, 1.165) is 23.1 Å². The Kier molecular flexibility index (Phi) is 8.78. The smallest absolute Gasteiger partial charge is 0.0262 e. The van der Waals surface area contributed by atoms with Gasteiger partial charge in [0.2, 0.25) is 0 Å². The minimum absolute atomic E-state index is 0.875. The fourth-order valence-electron chi connectivity index (χ4n) is 1.43. The summed E-state index contributed by atoms with van der Waals surface area (Å²) in [6.45, 7) is 22.0. The molecule has 0 fully saturated rings. The third kappa shape index (κ3) is 7.38. The lowest BCUT2D eigenvalue weighted by molar-refractivity contribution is 1.13. The van der Waals surface area contributed by atoms with Crippen molar-refractivity contribution in [2.75, 3.05) is 0 Å². The maximum atomic E-state index is 4.11. The van der Waals surface area contributed by atoms with Gasteiger partial charge >= 0.3 is 0 Å². The second kappa shape index (κ2) is 9.80. The minimum atomic E-state index is 0.875. The Balaban J connectivity index is 4.85. The van der Waals surface area contributed by atoms with Gasteiger partial charge in [-0.3, -0.25) is 0 Å². The largest absolute Gasteiger partial charge is 0.0991 e. The van der Waals surface area contributed by atoms with E-state index >= 15 is 0 Å². The van der Waals surface area contributed by atoms with Gasteiger partial charge in [-0.15, -0.1) is 0 Å². The van der Waals surface area contributed by atoms with Crippen molar-refractivity contribution < 1.29 is 0 Å². The molecule has 0 aliphatic heterocycles. The first-order chi connectivity index (χ1) is 9.42. The van der Waals surface area contributed by atoms with Crippen molar-refractivity contribution in [2.24, 2.45) is 0 Å². The van der Waals surface area contributed by atoms with Crippen LogP contribution < -0.4 is 0 Å². The molecule has 0 spiro atoms. The van der Waals surface area contributed by atoms with Crippen LogP contribution in [-0.4, -0.2) is 0 Å². The van der Waals surface area contributed by atoms with Gasteiger partial charge in [-0.05, 0) is 42.6 Å². The van der Waals surface area contributed by atoms with Gasteiger partial charge in [-0.1, -0.05) is 81.3 Å². The molecule has 0 heteroatoms. The molecule has 0 saturated carbocycles. The first-order valence-corrected chi connectivity index (χ1v) is 6.81. The van der Waals surface area contributed by atoms with Gasteiger partial charge in [0, 0.05) is 0 Å². The van der Waals surface area contributed by atoms with E-state index in [1.807, 2.05) is 24.3 Å². The van der Waals surface area contributed by atoms with Gasteiger partial charge in [0.15, 0.2) is 0 Å². The van der Waals surface area contributed by atoms with E-state index in [9.17, 15) is 0 Å². The average Bonchev–Trinajstić information content (AvgIpc) is 2.42. The summed E-state index contributed by atoms with van der Waals surface area (Å²) in [7, 11) is 0. The first kappa shape index (κ1) is 17.9. The molecule has 0 saturated heterocycles. The maximum absolute atomic E-state index is 4.11. The van der Waals surface area contributed by atoms with Crippen LogP contribution in [0, 0.1) is 0 Å². The third-order valence-electron chi connectivity index (χ3n) is 2.74. The van der Waals surface area contributed by atoms with Crippen molar-refractivity contribution in [3.05, 3.63) is 96.7 Å². The second-order valence-electron chi connectivity index (χ2n) is 4.79. The summed E-state index contributed by atoms with van der Waals surface area (Å²) in [6, 6.07) is 0. The van der Waals surface area contributed by atoms with Gasteiger partial charge in [-0.25, -0.2) is 0 Å². The Morgan fingerprint density at radius 1 is 0.850 bits per heavy atom. The third-order valence-corrected chi connectivity index (χ3v) is 2.74. The van der Waals surface area contributed by atoms with E-state index in [0.29, 0.717) is 0 Å². The van der Waals surface area contributed by atoms with E-state index in [2.05, 4.69) is 59.2 Å². The lowest BCUT2D eigenvalue weighted by Crippen LogP contribution is -1.84. The second-order valence-corrected chi connectivity index (χ2v) is 4.79. The normalized spacial score (nSPS) is 11.7. The molecular weight excluding hydrogens is 240 g/mol. The van der Waals surface area contributed by atoms with E-state index in [4.69, 9.17) is 0 Å². The molecule has 20 heavy (non-hydrogen) atoms. The van der Waals surface area contributed by atoms with Gasteiger partial charge in [0.05, 0.1) is 0 Å². The molecule has 0 nitrogen and oxygen atoms in total. The number of rotatable bonds is 8. The van der Waals surface area contributed by atoms with Crippen LogP contribution in [0.3, 0.4) is 0 Å². The highest BCUT2D eigenvalue weighted by Crippen LogP contribution is 2.16. The molecule has 0 unspecified atom stereocenters. The molecule has 0 aromatic carbocycles. The van der Waals surface area contributed by atoms with Crippen molar-refractivity contribution in [3.63, 3.8) is 0 Å². The van der Waals surface area contributed by atoms with Crippen LogP contribution in [0.2, 0.25) is 0 Å².